The summed E-state index contributed by atoms with van der Waals surface area (Å²) in [5, 5.41) is 9.91. The number of aliphatic hydroxyl groups excluding tert-OH is 1. The first-order valence-corrected chi connectivity index (χ1v) is 7.64. The van der Waals surface area contributed by atoms with E-state index in [-0.39, 0.29) is 24.4 Å². The second kappa shape index (κ2) is 8.29. The van der Waals surface area contributed by atoms with E-state index >= 15 is 0 Å². The quantitative estimate of drug-likeness (QED) is 0.443. The summed E-state index contributed by atoms with van der Waals surface area (Å²) < 4.78 is 6.37. The third kappa shape index (κ3) is 5.06. The van der Waals surface area contributed by atoms with Gasteiger partial charge < -0.3 is 22.3 Å². The van der Waals surface area contributed by atoms with Crippen molar-refractivity contribution in [3.8, 4) is 5.75 Å². The van der Waals surface area contributed by atoms with Gasteiger partial charge in [0.15, 0.2) is 5.78 Å². The van der Waals surface area contributed by atoms with Crippen LogP contribution in [0.15, 0.2) is 54.6 Å². The molecule has 0 saturated carbocycles. The zero-order chi connectivity index (χ0) is 17.0. The highest BCUT2D eigenvalue weighted by Gasteiger charge is 2.30. The molecular formula is C19H24ClNO3. The number of carbonyl (C=O) groups is 1. The number of hydrogen-bond donors (Lipinski definition) is 1. The predicted octanol–water partition coefficient (Wildman–Crippen LogP) is -0.286. The van der Waals surface area contributed by atoms with Crippen molar-refractivity contribution in [2.75, 3.05) is 21.1 Å². The van der Waals surface area contributed by atoms with Gasteiger partial charge >= 0.3 is 0 Å². The molecule has 0 aliphatic heterocycles. The molecule has 0 bridgehead atoms. The maximum Gasteiger partial charge on any atom is 0.258 e. The molecule has 2 aromatic carbocycles. The van der Waals surface area contributed by atoms with E-state index in [2.05, 4.69) is 0 Å². The van der Waals surface area contributed by atoms with Crippen molar-refractivity contribution < 1.29 is 31.5 Å². The Morgan fingerprint density at radius 2 is 1.46 bits per heavy atom. The Morgan fingerprint density at radius 1 is 0.958 bits per heavy atom. The van der Waals surface area contributed by atoms with Crippen LogP contribution in [0.4, 0.5) is 0 Å². The van der Waals surface area contributed by atoms with E-state index < -0.39 is 6.10 Å². The minimum Gasteiger partial charge on any atom is -1.00 e. The molecule has 5 heteroatoms. The fourth-order valence-corrected chi connectivity index (χ4v) is 2.48. The first-order chi connectivity index (χ1) is 10.8. The lowest BCUT2D eigenvalue weighted by Crippen LogP contribution is -3.00. The number of nitrogens with zero attached hydrogens (tertiary/aromatic N) is 1. The summed E-state index contributed by atoms with van der Waals surface area (Å²) in [6.45, 7) is 1.71. The van der Waals surface area contributed by atoms with Crippen molar-refractivity contribution >= 4 is 5.78 Å². The van der Waals surface area contributed by atoms with E-state index in [0.717, 1.165) is 0 Å². The van der Waals surface area contributed by atoms with Crippen molar-refractivity contribution in [2.45, 2.75) is 19.3 Å². The Balaban J connectivity index is 0.00000288. The first kappa shape index (κ1) is 20.2. The summed E-state index contributed by atoms with van der Waals surface area (Å²) in [5.74, 6) is 0.615. The van der Waals surface area contributed by atoms with Crippen molar-refractivity contribution in [1.82, 2.24) is 0 Å². The number of halogens is 1. The predicted molar refractivity (Wildman–Crippen MR) is 90.4 cm³/mol. The lowest BCUT2D eigenvalue weighted by Gasteiger charge is -2.35. The smallest absolute Gasteiger partial charge is 0.258 e. The van der Waals surface area contributed by atoms with Crippen LogP contribution >= 0.6 is 0 Å². The SMILES string of the molecule is CC(O)C(Oc1ccc(C(=O)c2ccccc2)cc1)[N+](C)(C)C.[Cl-]. The number of rotatable bonds is 6. The zero-order valence-electron chi connectivity index (χ0n) is 14.4. The van der Waals surface area contributed by atoms with Gasteiger partial charge in [0.25, 0.3) is 6.23 Å². The van der Waals surface area contributed by atoms with E-state index in [1.54, 1.807) is 43.3 Å². The number of ketones is 1. The Labute approximate surface area is 149 Å². The van der Waals surface area contributed by atoms with E-state index in [1.165, 1.54) is 0 Å². The van der Waals surface area contributed by atoms with Gasteiger partial charge in [-0.25, -0.2) is 0 Å². The number of aliphatic hydroxyl groups is 1. The molecule has 0 radical (unpaired) electrons. The van der Waals surface area contributed by atoms with Gasteiger partial charge in [0.05, 0.1) is 21.1 Å². The molecule has 2 unspecified atom stereocenters. The van der Waals surface area contributed by atoms with E-state index in [0.29, 0.717) is 21.4 Å². The van der Waals surface area contributed by atoms with E-state index in [4.69, 9.17) is 4.74 Å². The van der Waals surface area contributed by atoms with Crippen LogP contribution in [0, 0.1) is 0 Å². The molecule has 0 spiro atoms. The molecule has 130 valence electrons. The molecule has 0 amide bonds. The summed E-state index contributed by atoms with van der Waals surface area (Å²) >= 11 is 0. The summed E-state index contributed by atoms with van der Waals surface area (Å²) in [6.07, 6.45) is -0.994. The lowest BCUT2D eigenvalue weighted by atomic mass is 10.0. The van der Waals surface area contributed by atoms with Gasteiger partial charge in [0.2, 0.25) is 0 Å². The van der Waals surface area contributed by atoms with Crippen LogP contribution in [0.2, 0.25) is 0 Å². The largest absolute Gasteiger partial charge is 1.00 e. The van der Waals surface area contributed by atoms with Crippen LogP contribution in [0.3, 0.4) is 0 Å². The number of likely N-dealkylation sites (N-methyl/N-ethyl adjacent to an activating group) is 1. The van der Waals surface area contributed by atoms with Gasteiger partial charge in [-0.15, -0.1) is 0 Å². The minimum absolute atomic E-state index is 0. The highest BCUT2D eigenvalue weighted by Crippen LogP contribution is 2.20. The van der Waals surface area contributed by atoms with Crippen molar-refractivity contribution in [3.63, 3.8) is 0 Å². The highest BCUT2D eigenvalue weighted by molar-refractivity contribution is 6.08. The van der Waals surface area contributed by atoms with E-state index in [9.17, 15) is 9.90 Å². The Kier molecular flexibility index (Phi) is 6.96. The molecule has 0 aliphatic rings. The average molecular weight is 350 g/mol. The van der Waals surface area contributed by atoms with Gasteiger partial charge in [-0.1, -0.05) is 30.3 Å². The molecule has 0 aliphatic carbocycles. The van der Waals surface area contributed by atoms with Crippen LogP contribution < -0.4 is 17.1 Å². The van der Waals surface area contributed by atoms with Crippen molar-refractivity contribution in [1.29, 1.82) is 0 Å². The molecule has 1 N–H and O–H groups in total. The molecule has 0 aromatic heterocycles. The van der Waals surface area contributed by atoms with Crippen LogP contribution in [0.1, 0.15) is 22.8 Å². The molecule has 2 aromatic rings. The summed E-state index contributed by atoms with van der Waals surface area (Å²) in [6, 6.07) is 16.2. The molecule has 2 rings (SSSR count). The topological polar surface area (TPSA) is 46.5 Å². The normalized spacial score (nSPS) is 13.5. The molecule has 0 heterocycles. The third-order valence-corrected chi connectivity index (χ3v) is 3.59. The van der Waals surface area contributed by atoms with Crippen molar-refractivity contribution in [2.24, 2.45) is 0 Å². The first-order valence-electron chi connectivity index (χ1n) is 7.64. The van der Waals surface area contributed by atoms with E-state index in [1.807, 2.05) is 39.3 Å². The Bertz CT molecular complexity index is 649. The molecule has 4 nitrogen and oxygen atoms in total. The molecular weight excluding hydrogens is 326 g/mol. The van der Waals surface area contributed by atoms with Gasteiger partial charge in [0, 0.05) is 11.1 Å². The summed E-state index contributed by atoms with van der Waals surface area (Å²) in [5.41, 5.74) is 1.27. The van der Waals surface area contributed by atoms with Gasteiger partial charge in [-0.2, -0.15) is 0 Å². The summed E-state index contributed by atoms with van der Waals surface area (Å²) in [4.78, 5) is 12.4. The summed E-state index contributed by atoms with van der Waals surface area (Å²) in [7, 11) is 5.89. The molecule has 2 atom stereocenters. The van der Waals surface area contributed by atoms with Crippen LogP contribution in [0.25, 0.3) is 0 Å². The minimum atomic E-state index is -0.611. The Morgan fingerprint density at radius 3 is 1.92 bits per heavy atom. The lowest BCUT2D eigenvalue weighted by molar-refractivity contribution is -0.918. The van der Waals surface area contributed by atoms with Crippen molar-refractivity contribution in [3.05, 3.63) is 65.7 Å². The number of carbonyl (C=O) groups excluding carboxylic acids is 1. The monoisotopic (exact) mass is 349 g/mol. The van der Waals surface area contributed by atoms with Gasteiger partial charge in [-0.05, 0) is 31.2 Å². The maximum absolute atomic E-state index is 12.4. The fraction of sp³-hybridized carbons (Fsp3) is 0.316. The molecule has 0 saturated heterocycles. The number of ether oxygens (including phenoxy) is 1. The average Bonchev–Trinajstić information content (AvgIpc) is 2.52. The second-order valence-corrected chi connectivity index (χ2v) is 6.58. The standard InChI is InChI=1S/C19H24NO3.ClH/c1-14(21)19(20(2,3)4)23-17-12-10-16(11-13-17)18(22)15-8-6-5-7-9-15;/h5-14,19,21H,1-4H3;1H/q+1;/p-1. The molecule has 24 heavy (non-hydrogen) atoms. The second-order valence-electron chi connectivity index (χ2n) is 6.58. The number of benzene rings is 2. The maximum atomic E-state index is 12.4. The Hall–Kier alpha value is -1.88. The third-order valence-electron chi connectivity index (χ3n) is 3.59. The number of hydrogen-bond acceptors (Lipinski definition) is 3. The number of quaternary nitrogens is 1. The molecule has 0 fully saturated rings. The fourth-order valence-electron chi connectivity index (χ4n) is 2.48. The van der Waals surface area contributed by atoms with Gasteiger partial charge in [0.1, 0.15) is 11.9 Å². The van der Waals surface area contributed by atoms with Crippen LogP contribution in [-0.4, -0.2) is 48.8 Å². The van der Waals surface area contributed by atoms with Crippen LogP contribution in [0.5, 0.6) is 5.75 Å². The van der Waals surface area contributed by atoms with Gasteiger partial charge in [-0.3, -0.25) is 9.28 Å². The van der Waals surface area contributed by atoms with Crippen LogP contribution in [-0.2, 0) is 0 Å². The zero-order valence-corrected chi connectivity index (χ0v) is 15.2. The highest BCUT2D eigenvalue weighted by atomic mass is 35.5.